The summed E-state index contributed by atoms with van der Waals surface area (Å²) in [6, 6.07) is 19.0. The van der Waals surface area contributed by atoms with Crippen LogP contribution in [0.1, 0.15) is 19.9 Å². The summed E-state index contributed by atoms with van der Waals surface area (Å²) in [5.74, 6) is 0. The monoisotopic (exact) mass is 314 g/mol. The normalized spacial score (nSPS) is 11.3. The van der Waals surface area contributed by atoms with Gasteiger partial charge in [0, 0.05) is 11.6 Å². The first-order valence-electron chi connectivity index (χ1n) is 8.08. The molecule has 24 heavy (non-hydrogen) atoms. The van der Waals surface area contributed by atoms with Gasteiger partial charge in [0.2, 0.25) is 0 Å². The Morgan fingerprint density at radius 3 is 2.25 bits per heavy atom. The van der Waals surface area contributed by atoms with Gasteiger partial charge in [-0.3, -0.25) is 0 Å². The molecule has 0 saturated carbocycles. The van der Waals surface area contributed by atoms with Crippen LogP contribution in [0.5, 0.6) is 0 Å². The number of benzene rings is 2. The molecular formula is C20H18N4. The van der Waals surface area contributed by atoms with Crippen molar-refractivity contribution in [3.63, 3.8) is 0 Å². The van der Waals surface area contributed by atoms with Crippen molar-refractivity contribution < 1.29 is 0 Å². The van der Waals surface area contributed by atoms with Crippen molar-refractivity contribution in [1.29, 1.82) is 0 Å². The maximum atomic E-state index is 4.59. The van der Waals surface area contributed by atoms with E-state index in [1.54, 1.807) is 6.33 Å². The molecule has 0 aliphatic heterocycles. The number of hydrogen-bond acceptors (Lipinski definition) is 3. The fourth-order valence-corrected chi connectivity index (χ4v) is 2.99. The molecule has 4 aromatic rings. The van der Waals surface area contributed by atoms with Crippen LogP contribution in [-0.2, 0) is 0 Å². The van der Waals surface area contributed by atoms with Crippen molar-refractivity contribution in [3.05, 3.63) is 67.3 Å². The summed E-state index contributed by atoms with van der Waals surface area (Å²) >= 11 is 0. The van der Waals surface area contributed by atoms with Gasteiger partial charge in [0.15, 0.2) is 5.65 Å². The van der Waals surface area contributed by atoms with E-state index in [4.69, 9.17) is 0 Å². The molecule has 0 spiro atoms. The van der Waals surface area contributed by atoms with Crippen LogP contribution in [0.2, 0.25) is 0 Å². The van der Waals surface area contributed by atoms with Gasteiger partial charge in [-0.15, -0.1) is 0 Å². The quantitative estimate of drug-likeness (QED) is 0.548. The highest BCUT2D eigenvalue weighted by molar-refractivity contribution is 5.93. The zero-order chi connectivity index (χ0) is 16.5. The number of imidazole rings is 1. The van der Waals surface area contributed by atoms with E-state index in [1.807, 2.05) is 18.5 Å². The molecular weight excluding hydrogens is 296 g/mol. The van der Waals surface area contributed by atoms with Gasteiger partial charge in [-0.05, 0) is 25.0 Å². The van der Waals surface area contributed by atoms with Crippen LogP contribution in [0.4, 0.5) is 0 Å². The smallest absolute Gasteiger partial charge is 0.164 e. The Hall–Kier alpha value is -3.01. The van der Waals surface area contributed by atoms with Gasteiger partial charge in [-0.2, -0.15) is 0 Å². The summed E-state index contributed by atoms with van der Waals surface area (Å²) in [7, 11) is 0. The van der Waals surface area contributed by atoms with Crippen molar-refractivity contribution in [2.24, 2.45) is 0 Å². The van der Waals surface area contributed by atoms with Crippen molar-refractivity contribution >= 4 is 11.2 Å². The highest BCUT2D eigenvalue weighted by Crippen LogP contribution is 2.33. The lowest BCUT2D eigenvalue weighted by Crippen LogP contribution is -2.00. The third-order valence-corrected chi connectivity index (χ3v) is 4.18. The van der Waals surface area contributed by atoms with Gasteiger partial charge in [-0.25, -0.2) is 15.0 Å². The fraction of sp³-hybridized carbons (Fsp3) is 0.150. The van der Waals surface area contributed by atoms with E-state index in [1.165, 1.54) is 5.56 Å². The van der Waals surface area contributed by atoms with Crippen LogP contribution in [-0.4, -0.2) is 19.5 Å². The van der Waals surface area contributed by atoms with Gasteiger partial charge in [-0.1, -0.05) is 54.6 Å². The highest BCUT2D eigenvalue weighted by Gasteiger charge is 2.16. The molecule has 0 aliphatic rings. The SMILES string of the molecule is CC(C)n1cnc2c(-c3ccccc3-c3ccccc3)ncnc21. The van der Waals surface area contributed by atoms with Crippen molar-refractivity contribution in [3.8, 4) is 22.4 Å². The molecule has 4 rings (SSSR count). The number of aromatic nitrogens is 4. The summed E-state index contributed by atoms with van der Waals surface area (Å²) in [6.45, 7) is 4.25. The average Bonchev–Trinajstić information content (AvgIpc) is 3.07. The Kier molecular flexibility index (Phi) is 3.58. The van der Waals surface area contributed by atoms with Gasteiger partial charge in [0.05, 0.1) is 6.33 Å². The van der Waals surface area contributed by atoms with E-state index in [0.29, 0.717) is 6.04 Å². The molecule has 4 heteroatoms. The fourth-order valence-electron chi connectivity index (χ4n) is 2.99. The standard InChI is InChI=1S/C20H18N4/c1-14(2)24-13-23-19-18(21-12-22-20(19)24)17-11-7-6-10-16(17)15-8-4-3-5-9-15/h3-14H,1-2H3. The molecule has 118 valence electrons. The van der Waals surface area contributed by atoms with Crippen molar-refractivity contribution in [1.82, 2.24) is 19.5 Å². The van der Waals surface area contributed by atoms with E-state index in [9.17, 15) is 0 Å². The Labute approximate surface area is 140 Å². The first kappa shape index (κ1) is 14.6. The van der Waals surface area contributed by atoms with E-state index in [-0.39, 0.29) is 0 Å². The lowest BCUT2D eigenvalue weighted by atomic mass is 9.97. The summed E-state index contributed by atoms with van der Waals surface area (Å²) in [5, 5.41) is 0. The van der Waals surface area contributed by atoms with E-state index in [2.05, 4.69) is 75.8 Å². The second-order valence-electron chi connectivity index (χ2n) is 6.05. The largest absolute Gasteiger partial charge is 0.313 e. The van der Waals surface area contributed by atoms with Crippen LogP contribution in [0.15, 0.2) is 67.3 Å². The molecule has 0 fully saturated rings. The molecule has 0 N–H and O–H groups in total. The van der Waals surface area contributed by atoms with Crippen LogP contribution in [0, 0.1) is 0 Å². The summed E-state index contributed by atoms with van der Waals surface area (Å²) in [5.41, 5.74) is 5.98. The van der Waals surface area contributed by atoms with E-state index < -0.39 is 0 Å². The third kappa shape index (κ3) is 2.36. The first-order chi connectivity index (χ1) is 11.8. The van der Waals surface area contributed by atoms with Gasteiger partial charge in [0.1, 0.15) is 17.5 Å². The summed E-state index contributed by atoms with van der Waals surface area (Å²) in [4.78, 5) is 13.6. The Balaban J connectivity index is 1.97. The lowest BCUT2D eigenvalue weighted by Gasteiger charge is -2.10. The van der Waals surface area contributed by atoms with Crippen LogP contribution in [0.3, 0.4) is 0 Å². The first-order valence-corrected chi connectivity index (χ1v) is 8.08. The Bertz CT molecular complexity index is 987. The lowest BCUT2D eigenvalue weighted by molar-refractivity contribution is 0.612. The highest BCUT2D eigenvalue weighted by atomic mass is 15.1. The van der Waals surface area contributed by atoms with E-state index >= 15 is 0 Å². The molecule has 0 aliphatic carbocycles. The molecule has 0 amide bonds. The topological polar surface area (TPSA) is 43.6 Å². The minimum Gasteiger partial charge on any atom is -0.313 e. The zero-order valence-corrected chi connectivity index (χ0v) is 13.7. The van der Waals surface area contributed by atoms with Gasteiger partial charge >= 0.3 is 0 Å². The molecule has 0 radical (unpaired) electrons. The number of fused-ring (bicyclic) bond motifs is 1. The van der Waals surface area contributed by atoms with Crippen LogP contribution < -0.4 is 0 Å². The number of rotatable bonds is 3. The predicted molar refractivity (Wildman–Crippen MR) is 96.6 cm³/mol. The second-order valence-corrected chi connectivity index (χ2v) is 6.05. The van der Waals surface area contributed by atoms with Crippen molar-refractivity contribution in [2.45, 2.75) is 19.9 Å². The molecule has 0 bridgehead atoms. The summed E-state index contributed by atoms with van der Waals surface area (Å²) in [6.07, 6.45) is 3.47. The molecule has 2 aromatic carbocycles. The Morgan fingerprint density at radius 1 is 0.792 bits per heavy atom. The zero-order valence-electron chi connectivity index (χ0n) is 13.7. The molecule has 0 saturated heterocycles. The van der Waals surface area contributed by atoms with Gasteiger partial charge in [0.25, 0.3) is 0 Å². The molecule has 2 heterocycles. The third-order valence-electron chi connectivity index (χ3n) is 4.18. The van der Waals surface area contributed by atoms with Crippen LogP contribution in [0.25, 0.3) is 33.5 Å². The second kappa shape index (κ2) is 5.89. The average molecular weight is 314 g/mol. The predicted octanol–water partition coefficient (Wildman–Crippen LogP) is 4.74. The molecule has 2 aromatic heterocycles. The summed E-state index contributed by atoms with van der Waals surface area (Å²) < 4.78 is 2.08. The van der Waals surface area contributed by atoms with Crippen molar-refractivity contribution in [2.75, 3.05) is 0 Å². The molecule has 0 unspecified atom stereocenters. The molecule has 4 nitrogen and oxygen atoms in total. The Morgan fingerprint density at radius 2 is 1.50 bits per heavy atom. The maximum absolute atomic E-state index is 4.59. The number of hydrogen-bond donors (Lipinski definition) is 0. The number of nitrogens with zero attached hydrogens (tertiary/aromatic N) is 4. The minimum atomic E-state index is 0.308. The van der Waals surface area contributed by atoms with E-state index in [0.717, 1.165) is 28.0 Å². The minimum absolute atomic E-state index is 0.308. The maximum Gasteiger partial charge on any atom is 0.164 e. The molecule has 0 atom stereocenters. The van der Waals surface area contributed by atoms with Crippen LogP contribution >= 0.6 is 0 Å². The van der Waals surface area contributed by atoms with Gasteiger partial charge < -0.3 is 4.57 Å².